The summed E-state index contributed by atoms with van der Waals surface area (Å²) in [4.78, 5) is 40.8. The van der Waals surface area contributed by atoms with Gasteiger partial charge in [0.2, 0.25) is 5.91 Å². The Morgan fingerprint density at radius 1 is 0.909 bits per heavy atom. The summed E-state index contributed by atoms with van der Waals surface area (Å²) < 4.78 is 0.864. The Labute approximate surface area is 204 Å². The highest BCUT2D eigenvalue weighted by Crippen LogP contribution is 2.24. The third kappa shape index (κ3) is 6.67. The van der Waals surface area contributed by atoms with Crippen LogP contribution in [0.15, 0.2) is 59.1 Å². The molecule has 1 aliphatic heterocycles. The normalized spacial score (nSPS) is 16.2. The fourth-order valence-electron chi connectivity index (χ4n) is 3.93. The third-order valence-electron chi connectivity index (χ3n) is 6.34. The van der Waals surface area contributed by atoms with Crippen LogP contribution in [0.4, 0.5) is 0 Å². The molecular formula is C26H32BrN3O3. The first-order valence-corrected chi connectivity index (χ1v) is 12.3. The number of hydrogen-bond acceptors (Lipinski definition) is 3. The van der Waals surface area contributed by atoms with Gasteiger partial charge in [0, 0.05) is 34.7 Å². The zero-order valence-corrected chi connectivity index (χ0v) is 21.0. The lowest BCUT2D eigenvalue weighted by Gasteiger charge is -2.36. The summed E-state index contributed by atoms with van der Waals surface area (Å²) in [5.74, 6) is -0.219. The van der Waals surface area contributed by atoms with E-state index in [-0.39, 0.29) is 35.6 Å². The van der Waals surface area contributed by atoms with E-state index in [2.05, 4.69) is 40.4 Å². The van der Waals surface area contributed by atoms with E-state index in [0.29, 0.717) is 37.1 Å². The van der Waals surface area contributed by atoms with E-state index in [9.17, 15) is 14.4 Å². The molecule has 3 amide bonds. The summed E-state index contributed by atoms with van der Waals surface area (Å²) in [7, 11) is 0. The van der Waals surface area contributed by atoms with Crippen molar-refractivity contribution in [1.82, 2.24) is 15.5 Å². The molecular weight excluding hydrogens is 482 g/mol. The SMILES string of the molecule is CC(C)[C@@H](C)NC(=O)[C@@H](NC(=O)c1ccccc1)C1CCN(C(=O)c2cccc(Br)c2)CC1. The van der Waals surface area contributed by atoms with E-state index in [4.69, 9.17) is 0 Å². The summed E-state index contributed by atoms with van der Waals surface area (Å²) in [5, 5.41) is 6.03. The Morgan fingerprint density at radius 2 is 1.55 bits per heavy atom. The predicted molar refractivity (Wildman–Crippen MR) is 133 cm³/mol. The van der Waals surface area contributed by atoms with Crippen molar-refractivity contribution in [1.29, 1.82) is 0 Å². The van der Waals surface area contributed by atoms with Crippen molar-refractivity contribution in [2.24, 2.45) is 11.8 Å². The average Bonchev–Trinajstić information content (AvgIpc) is 2.82. The summed E-state index contributed by atoms with van der Waals surface area (Å²) in [6.07, 6.45) is 1.28. The minimum atomic E-state index is -0.651. The molecule has 2 atom stereocenters. The number of benzene rings is 2. The van der Waals surface area contributed by atoms with Gasteiger partial charge in [-0.15, -0.1) is 0 Å². The Kier molecular flexibility index (Phi) is 8.67. The van der Waals surface area contributed by atoms with Crippen molar-refractivity contribution >= 4 is 33.7 Å². The number of halogens is 1. The van der Waals surface area contributed by atoms with E-state index in [1.54, 1.807) is 24.3 Å². The molecule has 176 valence electrons. The lowest BCUT2D eigenvalue weighted by atomic mass is 9.87. The highest BCUT2D eigenvalue weighted by molar-refractivity contribution is 9.10. The molecule has 0 unspecified atom stereocenters. The third-order valence-corrected chi connectivity index (χ3v) is 6.84. The summed E-state index contributed by atoms with van der Waals surface area (Å²) in [6, 6.07) is 15.6. The summed E-state index contributed by atoms with van der Waals surface area (Å²) in [5.41, 5.74) is 1.16. The van der Waals surface area contributed by atoms with Crippen LogP contribution in [0.2, 0.25) is 0 Å². The largest absolute Gasteiger partial charge is 0.352 e. The number of carbonyl (C=O) groups excluding carboxylic acids is 3. The van der Waals surface area contributed by atoms with E-state index >= 15 is 0 Å². The number of carbonyl (C=O) groups is 3. The van der Waals surface area contributed by atoms with Crippen molar-refractivity contribution < 1.29 is 14.4 Å². The van der Waals surface area contributed by atoms with Crippen LogP contribution in [0.1, 0.15) is 54.3 Å². The van der Waals surface area contributed by atoms with Crippen LogP contribution >= 0.6 is 15.9 Å². The first-order chi connectivity index (χ1) is 15.8. The number of amides is 3. The fourth-order valence-corrected chi connectivity index (χ4v) is 4.33. The van der Waals surface area contributed by atoms with Crippen LogP contribution in [0, 0.1) is 11.8 Å². The maximum Gasteiger partial charge on any atom is 0.253 e. The zero-order chi connectivity index (χ0) is 24.0. The highest BCUT2D eigenvalue weighted by Gasteiger charge is 2.34. The Hall–Kier alpha value is -2.67. The molecule has 0 saturated carbocycles. The second-order valence-corrected chi connectivity index (χ2v) is 9.91. The summed E-state index contributed by atoms with van der Waals surface area (Å²) >= 11 is 3.42. The number of nitrogens with one attached hydrogen (secondary N) is 2. The topological polar surface area (TPSA) is 78.5 Å². The second kappa shape index (κ2) is 11.5. The lowest BCUT2D eigenvalue weighted by molar-refractivity contribution is -0.125. The van der Waals surface area contributed by atoms with Crippen LogP contribution < -0.4 is 10.6 Å². The van der Waals surface area contributed by atoms with Gasteiger partial charge in [-0.3, -0.25) is 14.4 Å². The van der Waals surface area contributed by atoms with Crippen molar-refractivity contribution in [3.8, 4) is 0 Å². The van der Waals surface area contributed by atoms with Gasteiger partial charge in [-0.05, 0) is 61.9 Å². The van der Waals surface area contributed by atoms with Crippen molar-refractivity contribution in [2.75, 3.05) is 13.1 Å². The van der Waals surface area contributed by atoms with Crippen molar-refractivity contribution in [3.05, 3.63) is 70.2 Å². The van der Waals surface area contributed by atoms with E-state index in [1.807, 2.05) is 42.2 Å². The minimum Gasteiger partial charge on any atom is -0.352 e. The zero-order valence-electron chi connectivity index (χ0n) is 19.4. The fraction of sp³-hybridized carbons (Fsp3) is 0.423. The smallest absolute Gasteiger partial charge is 0.253 e. The predicted octanol–water partition coefficient (Wildman–Crippen LogP) is 4.26. The van der Waals surface area contributed by atoms with Gasteiger partial charge in [0.1, 0.15) is 6.04 Å². The number of piperidine rings is 1. The van der Waals surface area contributed by atoms with Crippen LogP contribution in [-0.2, 0) is 4.79 Å². The van der Waals surface area contributed by atoms with Crippen LogP contribution in [0.25, 0.3) is 0 Å². The Bertz CT molecular complexity index is 972. The number of rotatable bonds is 7. The van der Waals surface area contributed by atoms with Gasteiger partial charge in [0.05, 0.1) is 0 Å². The first kappa shape index (κ1) is 25.0. The minimum absolute atomic E-state index is 0.00757. The van der Waals surface area contributed by atoms with Crippen LogP contribution in [0.5, 0.6) is 0 Å². The van der Waals surface area contributed by atoms with E-state index in [0.717, 1.165) is 4.47 Å². The molecule has 0 spiro atoms. The van der Waals surface area contributed by atoms with Crippen LogP contribution in [-0.4, -0.2) is 47.8 Å². The molecule has 1 heterocycles. The quantitative estimate of drug-likeness (QED) is 0.580. The molecule has 2 N–H and O–H groups in total. The maximum atomic E-state index is 13.2. The van der Waals surface area contributed by atoms with Crippen LogP contribution in [0.3, 0.4) is 0 Å². The summed E-state index contributed by atoms with van der Waals surface area (Å²) in [6.45, 7) is 7.16. The molecule has 2 aromatic carbocycles. The molecule has 1 fully saturated rings. The monoisotopic (exact) mass is 513 g/mol. The molecule has 0 radical (unpaired) electrons. The molecule has 1 saturated heterocycles. The molecule has 2 aromatic rings. The second-order valence-electron chi connectivity index (χ2n) is 9.00. The molecule has 3 rings (SSSR count). The van der Waals surface area contributed by atoms with Crippen molar-refractivity contribution in [3.63, 3.8) is 0 Å². The maximum absolute atomic E-state index is 13.2. The van der Waals surface area contributed by atoms with Gasteiger partial charge in [-0.1, -0.05) is 54.0 Å². The number of hydrogen-bond donors (Lipinski definition) is 2. The number of likely N-dealkylation sites (tertiary alicyclic amines) is 1. The molecule has 7 heteroatoms. The standard InChI is InChI=1S/C26H32BrN3O3/c1-17(2)18(3)28-25(32)23(29-24(31)20-8-5-4-6-9-20)19-12-14-30(15-13-19)26(33)21-10-7-11-22(27)16-21/h4-11,16-19,23H,12-15H2,1-3H3,(H,28,32)(H,29,31)/t18-,23+/m1/s1. The molecule has 0 bridgehead atoms. The van der Waals surface area contributed by atoms with Gasteiger partial charge in [0.25, 0.3) is 11.8 Å². The first-order valence-electron chi connectivity index (χ1n) is 11.5. The van der Waals surface area contributed by atoms with E-state index in [1.165, 1.54) is 0 Å². The van der Waals surface area contributed by atoms with Gasteiger partial charge in [0.15, 0.2) is 0 Å². The van der Waals surface area contributed by atoms with Crippen molar-refractivity contribution in [2.45, 2.75) is 45.7 Å². The number of nitrogens with zero attached hydrogens (tertiary/aromatic N) is 1. The molecule has 1 aliphatic rings. The Morgan fingerprint density at radius 3 is 2.15 bits per heavy atom. The molecule has 0 aromatic heterocycles. The molecule has 6 nitrogen and oxygen atoms in total. The van der Waals surface area contributed by atoms with Gasteiger partial charge in [-0.25, -0.2) is 0 Å². The highest BCUT2D eigenvalue weighted by atomic mass is 79.9. The molecule has 0 aliphatic carbocycles. The van der Waals surface area contributed by atoms with Gasteiger partial charge in [-0.2, -0.15) is 0 Å². The van der Waals surface area contributed by atoms with Gasteiger partial charge < -0.3 is 15.5 Å². The van der Waals surface area contributed by atoms with Gasteiger partial charge >= 0.3 is 0 Å². The Balaban J connectivity index is 1.70. The molecule has 33 heavy (non-hydrogen) atoms. The average molecular weight is 514 g/mol. The van der Waals surface area contributed by atoms with E-state index < -0.39 is 6.04 Å². The lowest BCUT2D eigenvalue weighted by Crippen LogP contribution is -2.55.